The van der Waals surface area contributed by atoms with Gasteiger partial charge in [0.25, 0.3) is 5.56 Å². The fraction of sp³-hybridized carbons (Fsp3) is 0.0833. The fourth-order valence-corrected chi connectivity index (χ4v) is 3.26. The van der Waals surface area contributed by atoms with Gasteiger partial charge in [-0.2, -0.15) is 0 Å². The van der Waals surface area contributed by atoms with Crippen molar-refractivity contribution in [1.82, 2.24) is 4.57 Å². The van der Waals surface area contributed by atoms with E-state index in [1.807, 2.05) is 0 Å². The second-order valence-electron chi connectivity index (χ2n) is 3.79. The summed E-state index contributed by atoms with van der Waals surface area (Å²) in [5, 5.41) is 8.87. The molecule has 0 bridgehead atoms. The largest absolute Gasteiger partial charge is 0.480 e. The summed E-state index contributed by atoms with van der Waals surface area (Å²) >= 11 is 11.8. The van der Waals surface area contributed by atoms with Crippen LogP contribution in [0, 0.1) is 9.77 Å². The zero-order valence-corrected chi connectivity index (χ0v) is 12.2. The molecule has 2 rings (SSSR count). The number of hydrogen-bond acceptors (Lipinski definition) is 4. The minimum atomic E-state index is -1.18. The number of hydrogen-bond donors (Lipinski definition) is 1. The highest BCUT2D eigenvalue weighted by Crippen LogP contribution is 2.32. The molecule has 0 aliphatic rings. The van der Waals surface area contributed by atoms with E-state index >= 15 is 0 Å². The molecule has 1 aromatic carbocycles. The lowest BCUT2D eigenvalue weighted by atomic mass is 10.2. The summed E-state index contributed by atoms with van der Waals surface area (Å²) < 4.78 is 14.8. The van der Waals surface area contributed by atoms with Crippen molar-refractivity contribution in [3.05, 3.63) is 49.4 Å². The first-order chi connectivity index (χ1) is 9.40. The first-order valence-corrected chi connectivity index (χ1v) is 6.91. The monoisotopic (exact) mass is 331 g/mol. The molecular formula is C12H7ClFNO3S2. The molecule has 0 aliphatic carbocycles. The van der Waals surface area contributed by atoms with Crippen LogP contribution in [-0.2, 0) is 11.3 Å². The molecule has 0 atom stereocenters. The number of halogens is 2. The smallest absolute Gasteiger partial charge is 0.323 e. The number of aliphatic carboxylic acids is 1. The van der Waals surface area contributed by atoms with E-state index in [1.165, 1.54) is 18.2 Å². The predicted molar refractivity (Wildman–Crippen MR) is 77.5 cm³/mol. The summed E-state index contributed by atoms with van der Waals surface area (Å²) in [6.07, 6.45) is 0. The van der Waals surface area contributed by atoms with Crippen LogP contribution in [0.15, 0.2) is 29.1 Å². The quantitative estimate of drug-likeness (QED) is 0.878. The molecule has 0 saturated heterocycles. The van der Waals surface area contributed by atoms with Crippen LogP contribution in [0.4, 0.5) is 4.39 Å². The Morgan fingerprint density at radius 1 is 1.50 bits per heavy atom. The second kappa shape index (κ2) is 5.82. The molecule has 0 fully saturated rings. The molecule has 1 N–H and O–H groups in total. The van der Waals surface area contributed by atoms with Crippen LogP contribution in [0.25, 0.3) is 10.4 Å². The van der Waals surface area contributed by atoms with Crippen LogP contribution in [0.3, 0.4) is 0 Å². The third-order valence-electron chi connectivity index (χ3n) is 2.44. The molecule has 1 aromatic heterocycles. The standard InChI is InChI=1S/C12H7ClFNO3S2/c13-6-2-1-3-7(14)11(6)8-4-9(16)15(5-10(17)18)12(19)20-8/h1-4H,5H2,(H,17,18). The van der Waals surface area contributed by atoms with E-state index in [0.717, 1.165) is 22.0 Å². The van der Waals surface area contributed by atoms with Gasteiger partial charge in [0, 0.05) is 16.5 Å². The van der Waals surface area contributed by atoms with E-state index in [-0.39, 0.29) is 19.4 Å². The predicted octanol–water partition coefficient (Wildman–Crippen LogP) is 3.18. The van der Waals surface area contributed by atoms with Gasteiger partial charge in [0.1, 0.15) is 12.4 Å². The number of carboxylic acid groups (broad SMARTS) is 1. The first kappa shape index (κ1) is 14.8. The summed E-state index contributed by atoms with van der Waals surface area (Å²) in [5.74, 6) is -1.75. The zero-order valence-electron chi connectivity index (χ0n) is 9.80. The number of nitrogens with zero attached hydrogens (tertiary/aromatic N) is 1. The summed E-state index contributed by atoms with van der Waals surface area (Å²) in [6, 6.07) is 5.30. The Balaban J connectivity index is 2.65. The van der Waals surface area contributed by atoms with Crippen LogP contribution in [0.1, 0.15) is 0 Å². The minimum absolute atomic E-state index is 0.0502. The highest BCUT2D eigenvalue weighted by atomic mass is 35.5. The molecule has 4 nitrogen and oxygen atoms in total. The van der Waals surface area contributed by atoms with Gasteiger partial charge >= 0.3 is 5.97 Å². The van der Waals surface area contributed by atoms with Gasteiger partial charge in [0.05, 0.1) is 5.02 Å². The molecule has 0 amide bonds. The van der Waals surface area contributed by atoms with Gasteiger partial charge in [-0.15, -0.1) is 11.3 Å². The van der Waals surface area contributed by atoms with Gasteiger partial charge in [-0.3, -0.25) is 14.2 Å². The fourth-order valence-electron chi connectivity index (χ4n) is 1.59. The highest BCUT2D eigenvalue weighted by molar-refractivity contribution is 7.73. The van der Waals surface area contributed by atoms with Crippen LogP contribution in [-0.4, -0.2) is 15.6 Å². The number of carbonyl (C=O) groups is 1. The van der Waals surface area contributed by atoms with Crippen LogP contribution >= 0.6 is 35.2 Å². The molecule has 20 heavy (non-hydrogen) atoms. The van der Waals surface area contributed by atoms with Gasteiger partial charge in [-0.25, -0.2) is 4.39 Å². The van der Waals surface area contributed by atoms with E-state index in [0.29, 0.717) is 0 Å². The maximum atomic E-state index is 13.8. The Morgan fingerprint density at radius 3 is 2.75 bits per heavy atom. The maximum Gasteiger partial charge on any atom is 0.323 e. The van der Waals surface area contributed by atoms with Gasteiger partial charge in [0.2, 0.25) is 0 Å². The normalized spacial score (nSPS) is 10.5. The average Bonchev–Trinajstić information content (AvgIpc) is 2.33. The molecule has 104 valence electrons. The van der Waals surface area contributed by atoms with Crippen molar-refractivity contribution < 1.29 is 14.3 Å². The van der Waals surface area contributed by atoms with Crippen molar-refractivity contribution in [2.24, 2.45) is 0 Å². The molecule has 2 aromatic rings. The highest BCUT2D eigenvalue weighted by Gasteiger charge is 2.13. The molecule has 0 spiro atoms. The molecule has 8 heteroatoms. The minimum Gasteiger partial charge on any atom is -0.480 e. The number of aromatic nitrogens is 1. The van der Waals surface area contributed by atoms with Gasteiger partial charge in [-0.05, 0) is 24.4 Å². The topological polar surface area (TPSA) is 59.3 Å². The average molecular weight is 332 g/mol. The Bertz CT molecular complexity index is 749. The third-order valence-corrected chi connectivity index (χ3v) is 4.16. The molecule has 0 aliphatic heterocycles. The molecule has 0 radical (unpaired) electrons. The SMILES string of the molecule is O=C(O)Cn1c(=O)cc(-c2c(F)cccc2Cl)sc1=S. The van der Waals surface area contributed by atoms with E-state index < -0.39 is 23.9 Å². The summed E-state index contributed by atoms with van der Waals surface area (Å²) in [5.41, 5.74) is -0.518. The summed E-state index contributed by atoms with van der Waals surface area (Å²) in [6.45, 7) is -0.528. The number of benzene rings is 1. The van der Waals surface area contributed by atoms with Crippen molar-refractivity contribution >= 4 is 41.1 Å². The van der Waals surface area contributed by atoms with Gasteiger partial charge in [0.15, 0.2) is 3.95 Å². The maximum absolute atomic E-state index is 13.8. The third kappa shape index (κ3) is 2.95. The Labute approximate surface area is 126 Å². The molecule has 0 unspecified atom stereocenters. The molecule has 0 saturated carbocycles. The Hall–Kier alpha value is -1.57. The lowest BCUT2D eigenvalue weighted by Gasteiger charge is -2.07. The molecular weight excluding hydrogens is 325 g/mol. The molecule has 1 heterocycles. The van der Waals surface area contributed by atoms with Crippen molar-refractivity contribution in [2.75, 3.05) is 0 Å². The van der Waals surface area contributed by atoms with Crippen LogP contribution < -0.4 is 5.56 Å². The van der Waals surface area contributed by atoms with Gasteiger partial charge < -0.3 is 5.11 Å². The van der Waals surface area contributed by atoms with E-state index in [4.69, 9.17) is 28.9 Å². The Kier molecular flexibility index (Phi) is 4.32. The second-order valence-corrected chi connectivity index (χ2v) is 5.87. The van der Waals surface area contributed by atoms with Crippen LogP contribution in [0.2, 0.25) is 5.02 Å². The van der Waals surface area contributed by atoms with Crippen molar-refractivity contribution in [2.45, 2.75) is 6.54 Å². The Morgan fingerprint density at radius 2 is 2.20 bits per heavy atom. The van der Waals surface area contributed by atoms with Crippen molar-refractivity contribution in [3.63, 3.8) is 0 Å². The van der Waals surface area contributed by atoms with Crippen molar-refractivity contribution in [3.8, 4) is 10.4 Å². The summed E-state index contributed by atoms with van der Waals surface area (Å²) in [7, 11) is 0. The lowest BCUT2D eigenvalue weighted by molar-refractivity contribution is -0.137. The van der Waals surface area contributed by atoms with Crippen molar-refractivity contribution in [1.29, 1.82) is 0 Å². The number of carboxylic acids is 1. The van der Waals surface area contributed by atoms with Crippen LogP contribution in [0.5, 0.6) is 0 Å². The van der Waals surface area contributed by atoms with E-state index in [2.05, 4.69) is 0 Å². The van der Waals surface area contributed by atoms with E-state index in [9.17, 15) is 14.0 Å². The first-order valence-electron chi connectivity index (χ1n) is 5.31. The number of rotatable bonds is 3. The lowest BCUT2D eigenvalue weighted by Crippen LogP contribution is -2.23. The summed E-state index contributed by atoms with van der Waals surface area (Å²) in [4.78, 5) is 22.8. The zero-order chi connectivity index (χ0) is 14.9. The van der Waals surface area contributed by atoms with E-state index in [1.54, 1.807) is 0 Å². The van der Waals surface area contributed by atoms with Gasteiger partial charge in [-0.1, -0.05) is 17.7 Å².